The number of hydrogen-bond acceptors (Lipinski definition) is 3. The lowest BCUT2D eigenvalue weighted by atomic mass is 10.1. The van der Waals surface area contributed by atoms with Gasteiger partial charge in [0.1, 0.15) is 12.1 Å². The summed E-state index contributed by atoms with van der Waals surface area (Å²) < 4.78 is 12.9. The minimum Gasteiger partial charge on any atom is -0.353 e. The van der Waals surface area contributed by atoms with E-state index in [4.69, 9.17) is 0 Å². The first-order valence-electron chi connectivity index (χ1n) is 5.07. The van der Waals surface area contributed by atoms with Crippen molar-refractivity contribution in [2.75, 3.05) is 11.4 Å². The molecule has 2 atom stereocenters. The number of piperidine rings is 1. The third-order valence-corrected chi connectivity index (χ3v) is 3.32. The average molecular weight is 193 g/mol. The van der Waals surface area contributed by atoms with Gasteiger partial charge in [0.25, 0.3) is 0 Å². The van der Waals surface area contributed by atoms with Crippen LogP contribution in [0.5, 0.6) is 0 Å². The molecule has 0 radical (unpaired) electrons. The van der Waals surface area contributed by atoms with Gasteiger partial charge in [-0.1, -0.05) is 0 Å². The number of rotatable bonds is 1. The summed E-state index contributed by atoms with van der Waals surface area (Å²) in [7, 11) is 0. The molecular formula is C10H12FN3. The molecule has 14 heavy (non-hydrogen) atoms. The highest BCUT2D eigenvalue weighted by atomic mass is 19.1. The second-order valence-electron chi connectivity index (χ2n) is 4.18. The van der Waals surface area contributed by atoms with Gasteiger partial charge in [0.15, 0.2) is 0 Å². The van der Waals surface area contributed by atoms with E-state index in [1.54, 1.807) is 0 Å². The van der Waals surface area contributed by atoms with E-state index >= 15 is 0 Å². The minimum absolute atomic E-state index is 0.433. The van der Waals surface area contributed by atoms with Crippen LogP contribution >= 0.6 is 0 Å². The topological polar surface area (TPSA) is 29.0 Å². The molecule has 2 fully saturated rings. The van der Waals surface area contributed by atoms with E-state index in [1.165, 1.54) is 31.7 Å². The van der Waals surface area contributed by atoms with Crippen molar-refractivity contribution in [2.24, 2.45) is 5.92 Å². The Morgan fingerprint density at radius 2 is 2.29 bits per heavy atom. The van der Waals surface area contributed by atoms with Crippen LogP contribution in [0.25, 0.3) is 0 Å². The summed E-state index contributed by atoms with van der Waals surface area (Å²) in [5.74, 6) is 1.13. The quantitative estimate of drug-likeness (QED) is 0.634. The molecule has 2 aliphatic rings. The van der Waals surface area contributed by atoms with Gasteiger partial charge in [-0.05, 0) is 25.2 Å². The predicted octanol–water partition coefficient (Wildman–Crippen LogP) is 1.60. The van der Waals surface area contributed by atoms with Crippen molar-refractivity contribution in [3.63, 3.8) is 0 Å². The lowest BCUT2D eigenvalue weighted by molar-refractivity contribution is 0.542. The fraction of sp³-hybridized carbons (Fsp3) is 0.600. The Morgan fingerprint density at radius 3 is 2.93 bits per heavy atom. The fourth-order valence-electron chi connectivity index (χ4n) is 2.69. The summed E-state index contributed by atoms with van der Waals surface area (Å²) in [6.07, 6.45) is 5.12. The van der Waals surface area contributed by atoms with Crippen LogP contribution < -0.4 is 4.90 Å². The molecule has 3 rings (SSSR count). The summed E-state index contributed by atoms with van der Waals surface area (Å²) >= 11 is 0. The van der Waals surface area contributed by atoms with E-state index in [0.717, 1.165) is 18.3 Å². The Hall–Kier alpha value is -1.19. The zero-order valence-corrected chi connectivity index (χ0v) is 7.86. The number of nitrogens with zero attached hydrogens (tertiary/aromatic N) is 3. The summed E-state index contributed by atoms with van der Waals surface area (Å²) in [5.41, 5.74) is 0. The minimum atomic E-state index is -0.433. The van der Waals surface area contributed by atoms with Gasteiger partial charge in [-0.3, -0.25) is 0 Å². The molecule has 74 valence electrons. The second-order valence-corrected chi connectivity index (χ2v) is 4.18. The van der Waals surface area contributed by atoms with Gasteiger partial charge in [0, 0.05) is 18.7 Å². The van der Waals surface area contributed by atoms with Crippen LogP contribution in [0.15, 0.2) is 12.4 Å². The van der Waals surface area contributed by atoms with Crippen molar-refractivity contribution in [1.29, 1.82) is 0 Å². The first kappa shape index (κ1) is 8.15. The molecule has 1 aromatic heterocycles. The first-order valence-corrected chi connectivity index (χ1v) is 5.07. The second kappa shape index (κ2) is 2.90. The Kier molecular flexibility index (Phi) is 1.69. The van der Waals surface area contributed by atoms with Crippen molar-refractivity contribution in [3.8, 4) is 0 Å². The van der Waals surface area contributed by atoms with Crippen molar-refractivity contribution < 1.29 is 4.39 Å². The molecule has 0 spiro atoms. The van der Waals surface area contributed by atoms with Crippen LogP contribution in [-0.2, 0) is 0 Å². The molecule has 1 aromatic rings. The van der Waals surface area contributed by atoms with Gasteiger partial charge in [-0.25, -0.2) is 9.97 Å². The molecule has 0 amide bonds. The van der Waals surface area contributed by atoms with E-state index in [0.29, 0.717) is 6.04 Å². The third-order valence-electron chi connectivity index (χ3n) is 3.32. The van der Waals surface area contributed by atoms with Crippen molar-refractivity contribution in [1.82, 2.24) is 9.97 Å². The van der Waals surface area contributed by atoms with E-state index in [1.807, 2.05) is 0 Å². The standard InChI is InChI=1S/C10H12FN3/c11-9-4-10(13-6-12-9)14-5-7-1-2-8(14)3-7/h4,6-8H,1-3,5H2. The Labute approximate surface area is 82.0 Å². The largest absolute Gasteiger partial charge is 0.353 e. The van der Waals surface area contributed by atoms with Crippen LogP contribution in [0, 0.1) is 11.9 Å². The summed E-state index contributed by atoms with van der Waals surface area (Å²) in [5, 5.41) is 0. The normalized spacial score (nSPS) is 29.9. The van der Waals surface area contributed by atoms with Gasteiger partial charge in [0.05, 0.1) is 0 Å². The van der Waals surface area contributed by atoms with E-state index in [-0.39, 0.29) is 0 Å². The molecule has 1 aliphatic heterocycles. The van der Waals surface area contributed by atoms with E-state index in [2.05, 4.69) is 14.9 Å². The maximum absolute atomic E-state index is 12.9. The summed E-state index contributed by atoms with van der Waals surface area (Å²) in [6, 6.07) is 2.02. The summed E-state index contributed by atoms with van der Waals surface area (Å²) in [4.78, 5) is 9.81. The molecule has 4 heteroatoms. The lowest BCUT2D eigenvalue weighted by Gasteiger charge is -2.27. The molecule has 2 unspecified atom stereocenters. The number of anilines is 1. The molecule has 0 N–H and O–H groups in total. The highest BCUT2D eigenvalue weighted by molar-refractivity contribution is 5.41. The van der Waals surface area contributed by atoms with Gasteiger partial charge >= 0.3 is 0 Å². The van der Waals surface area contributed by atoms with E-state index < -0.39 is 5.95 Å². The Bertz CT molecular complexity index is 355. The molecule has 1 saturated heterocycles. The fourth-order valence-corrected chi connectivity index (χ4v) is 2.69. The zero-order chi connectivity index (χ0) is 9.54. The van der Waals surface area contributed by atoms with Crippen LogP contribution in [0.3, 0.4) is 0 Å². The molecule has 2 heterocycles. The molecule has 1 saturated carbocycles. The number of hydrogen-bond donors (Lipinski definition) is 0. The van der Waals surface area contributed by atoms with Crippen molar-refractivity contribution in [3.05, 3.63) is 18.3 Å². The Morgan fingerprint density at radius 1 is 1.36 bits per heavy atom. The van der Waals surface area contributed by atoms with Crippen LogP contribution in [0.2, 0.25) is 0 Å². The van der Waals surface area contributed by atoms with Crippen LogP contribution in [0.1, 0.15) is 19.3 Å². The Balaban J connectivity index is 1.89. The molecular weight excluding hydrogens is 181 g/mol. The van der Waals surface area contributed by atoms with Gasteiger partial charge < -0.3 is 4.90 Å². The maximum Gasteiger partial charge on any atom is 0.218 e. The number of aromatic nitrogens is 2. The average Bonchev–Trinajstić information content (AvgIpc) is 2.78. The van der Waals surface area contributed by atoms with Gasteiger partial charge in [0.2, 0.25) is 5.95 Å². The molecule has 1 aliphatic carbocycles. The molecule has 2 bridgehead atoms. The van der Waals surface area contributed by atoms with Gasteiger partial charge in [-0.15, -0.1) is 0 Å². The van der Waals surface area contributed by atoms with Crippen molar-refractivity contribution in [2.45, 2.75) is 25.3 Å². The smallest absolute Gasteiger partial charge is 0.218 e. The zero-order valence-electron chi connectivity index (χ0n) is 7.86. The summed E-state index contributed by atoms with van der Waals surface area (Å²) in [6.45, 7) is 1.04. The first-order chi connectivity index (χ1) is 6.83. The van der Waals surface area contributed by atoms with Crippen LogP contribution in [-0.4, -0.2) is 22.6 Å². The monoisotopic (exact) mass is 193 g/mol. The van der Waals surface area contributed by atoms with Crippen molar-refractivity contribution >= 4 is 5.82 Å². The lowest BCUT2D eigenvalue weighted by Crippen LogP contribution is -2.32. The van der Waals surface area contributed by atoms with E-state index in [9.17, 15) is 4.39 Å². The third kappa shape index (κ3) is 1.17. The SMILES string of the molecule is Fc1cc(N2CC3CCC2C3)ncn1. The number of fused-ring (bicyclic) bond motifs is 2. The predicted molar refractivity (Wildman–Crippen MR) is 50.5 cm³/mol. The highest BCUT2D eigenvalue weighted by Gasteiger charge is 2.38. The molecule has 0 aromatic carbocycles. The van der Waals surface area contributed by atoms with Crippen LogP contribution in [0.4, 0.5) is 10.2 Å². The maximum atomic E-state index is 12.9. The highest BCUT2D eigenvalue weighted by Crippen LogP contribution is 2.39. The van der Waals surface area contributed by atoms with Gasteiger partial charge in [-0.2, -0.15) is 4.39 Å². The number of halogens is 1. The molecule has 3 nitrogen and oxygen atoms in total.